The zero-order valence-corrected chi connectivity index (χ0v) is 8.30. The fourth-order valence-electron chi connectivity index (χ4n) is 2.84. The van der Waals surface area contributed by atoms with E-state index in [9.17, 15) is 5.11 Å². The third-order valence-electron chi connectivity index (χ3n) is 3.68. The molecule has 2 nitrogen and oxygen atoms in total. The van der Waals surface area contributed by atoms with Gasteiger partial charge in [0.2, 0.25) is 0 Å². The molecular formula is C11H20O2. The summed E-state index contributed by atoms with van der Waals surface area (Å²) in [6.07, 6.45) is 9.00. The van der Waals surface area contributed by atoms with Gasteiger partial charge in [-0.25, -0.2) is 0 Å². The molecule has 1 saturated carbocycles. The van der Waals surface area contributed by atoms with Crippen LogP contribution < -0.4 is 0 Å². The Morgan fingerprint density at radius 1 is 1.23 bits per heavy atom. The smallest absolute Gasteiger partial charge is 0.0582 e. The first-order chi connectivity index (χ1) is 6.35. The maximum absolute atomic E-state index is 9.42. The summed E-state index contributed by atoms with van der Waals surface area (Å²) in [6, 6.07) is 0. The van der Waals surface area contributed by atoms with Crippen LogP contribution in [0.25, 0.3) is 0 Å². The molecule has 2 heteroatoms. The summed E-state index contributed by atoms with van der Waals surface area (Å²) < 4.78 is 5.63. The van der Waals surface area contributed by atoms with Gasteiger partial charge in [0.1, 0.15) is 0 Å². The predicted octanol–water partition coefficient (Wildman–Crippen LogP) is 2.11. The van der Waals surface area contributed by atoms with Gasteiger partial charge in [0, 0.05) is 13.2 Å². The first kappa shape index (κ1) is 9.47. The van der Waals surface area contributed by atoms with E-state index in [2.05, 4.69) is 0 Å². The molecule has 2 fully saturated rings. The van der Waals surface area contributed by atoms with Crippen LogP contribution in [0.4, 0.5) is 0 Å². The molecule has 0 aromatic carbocycles. The second-order valence-electron chi connectivity index (χ2n) is 4.70. The number of rotatable bonds is 3. The highest BCUT2D eigenvalue weighted by molar-refractivity contribution is 4.87. The molecule has 76 valence electrons. The summed E-state index contributed by atoms with van der Waals surface area (Å²) in [5.41, 5.74) is 0.231. The average Bonchev–Trinajstić information content (AvgIpc) is 2.77. The van der Waals surface area contributed by atoms with E-state index in [0.29, 0.717) is 12.7 Å². The van der Waals surface area contributed by atoms with Gasteiger partial charge < -0.3 is 9.84 Å². The van der Waals surface area contributed by atoms with Gasteiger partial charge in [0.05, 0.1) is 6.10 Å². The lowest BCUT2D eigenvalue weighted by Crippen LogP contribution is -2.27. The van der Waals surface area contributed by atoms with E-state index in [4.69, 9.17) is 4.74 Å². The molecule has 13 heavy (non-hydrogen) atoms. The SMILES string of the molecule is OCC1(CC2CCCO2)CCCC1. The molecule has 1 N–H and O–H groups in total. The van der Waals surface area contributed by atoms with Gasteiger partial charge in [-0.2, -0.15) is 0 Å². The lowest BCUT2D eigenvalue weighted by molar-refractivity contribution is 0.0335. The minimum absolute atomic E-state index is 0.231. The van der Waals surface area contributed by atoms with Crippen LogP contribution in [-0.4, -0.2) is 24.4 Å². The van der Waals surface area contributed by atoms with Gasteiger partial charge in [0.25, 0.3) is 0 Å². The van der Waals surface area contributed by atoms with Crippen molar-refractivity contribution in [3.63, 3.8) is 0 Å². The fraction of sp³-hybridized carbons (Fsp3) is 1.00. The standard InChI is InChI=1S/C11H20O2/c12-9-11(5-1-2-6-11)8-10-4-3-7-13-10/h10,12H,1-9H2. The Hall–Kier alpha value is -0.0800. The summed E-state index contributed by atoms with van der Waals surface area (Å²) in [5.74, 6) is 0. The quantitative estimate of drug-likeness (QED) is 0.728. The van der Waals surface area contributed by atoms with E-state index in [1.807, 2.05) is 0 Å². The number of ether oxygens (including phenoxy) is 1. The van der Waals surface area contributed by atoms with Crippen molar-refractivity contribution in [1.82, 2.24) is 0 Å². The topological polar surface area (TPSA) is 29.5 Å². The Labute approximate surface area is 80.3 Å². The summed E-state index contributed by atoms with van der Waals surface area (Å²) in [6.45, 7) is 1.30. The molecule has 0 bridgehead atoms. The van der Waals surface area contributed by atoms with E-state index in [-0.39, 0.29) is 5.41 Å². The zero-order chi connectivity index (χ0) is 9.15. The number of hydrogen-bond donors (Lipinski definition) is 1. The first-order valence-corrected chi connectivity index (χ1v) is 5.57. The van der Waals surface area contributed by atoms with Crippen molar-refractivity contribution in [2.75, 3.05) is 13.2 Å². The maximum atomic E-state index is 9.42. The predicted molar refractivity (Wildman–Crippen MR) is 51.6 cm³/mol. The van der Waals surface area contributed by atoms with Gasteiger partial charge >= 0.3 is 0 Å². The highest BCUT2D eigenvalue weighted by Gasteiger charge is 2.36. The Bertz CT molecular complexity index is 155. The molecule has 1 unspecified atom stereocenters. The summed E-state index contributed by atoms with van der Waals surface area (Å²) in [4.78, 5) is 0. The molecule has 0 spiro atoms. The van der Waals surface area contributed by atoms with Gasteiger partial charge in [-0.05, 0) is 37.5 Å². The van der Waals surface area contributed by atoms with E-state index in [1.165, 1.54) is 38.5 Å². The van der Waals surface area contributed by atoms with Gasteiger partial charge in [-0.1, -0.05) is 12.8 Å². The van der Waals surface area contributed by atoms with E-state index in [1.54, 1.807) is 0 Å². The third-order valence-corrected chi connectivity index (χ3v) is 3.68. The van der Waals surface area contributed by atoms with Gasteiger partial charge in [-0.3, -0.25) is 0 Å². The van der Waals surface area contributed by atoms with E-state index in [0.717, 1.165) is 13.0 Å². The number of aliphatic hydroxyl groups excluding tert-OH is 1. The van der Waals surface area contributed by atoms with Crippen LogP contribution in [-0.2, 0) is 4.74 Å². The van der Waals surface area contributed by atoms with Crippen molar-refractivity contribution < 1.29 is 9.84 Å². The van der Waals surface area contributed by atoms with Crippen molar-refractivity contribution >= 4 is 0 Å². The van der Waals surface area contributed by atoms with Crippen LogP contribution in [0.1, 0.15) is 44.9 Å². The summed E-state index contributed by atoms with van der Waals surface area (Å²) >= 11 is 0. The summed E-state index contributed by atoms with van der Waals surface area (Å²) in [5, 5.41) is 9.42. The lowest BCUT2D eigenvalue weighted by atomic mass is 9.81. The van der Waals surface area contributed by atoms with Crippen molar-refractivity contribution in [2.45, 2.75) is 51.0 Å². The maximum Gasteiger partial charge on any atom is 0.0582 e. The Kier molecular flexibility index (Phi) is 2.89. The van der Waals surface area contributed by atoms with Gasteiger partial charge in [0.15, 0.2) is 0 Å². The van der Waals surface area contributed by atoms with Crippen LogP contribution in [0.5, 0.6) is 0 Å². The zero-order valence-electron chi connectivity index (χ0n) is 8.30. The highest BCUT2D eigenvalue weighted by atomic mass is 16.5. The van der Waals surface area contributed by atoms with Crippen molar-refractivity contribution in [3.8, 4) is 0 Å². The molecule has 1 heterocycles. The molecule has 0 aromatic heterocycles. The van der Waals surface area contributed by atoms with Crippen molar-refractivity contribution in [2.24, 2.45) is 5.41 Å². The van der Waals surface area contributed by atoms with E-state index < -0.39 is 0 Å². The highest BCUT2D eigenvalue weighted by Crippen LogP contribution is 2.43. The van der Waals surface area contributed by atoms with Crippen molar-refractivity contribution in [1.29, 1.82) is 0 Å². The molecule has 1 aliphatic heterocycles. The minimum Gasteiger partial charge on any atom is -0.396 e. The monoisotopic (exact) mass is 184 g/mol. The normalized spacial score (nSPS) is 32.5. The molecule has 0 aromatic rings. The number of hydrogen-bond acceptors (Lipinski definition) is 2. The Balaban J connectivity index is 1.88. The average molecular weight is 184 g/mol. The van der Waals surface area contributed by atoms with Crippen molar-refractivity contribution in [3.05, 3.63) is 0 Å². The van der Waals surface area contributed by atoms with Crippen LogP contribution in [0.15, 0.2) is 0 Å². The van der Waals surface area contributed by atoms with Crippen LogP contribution in [0.3, 0.4) is 0 Å². The molecule has 1 saturated heterocycles. The van der Waals surface area contributed by atoms with Crippen LogP contribution in [0.2, 0.25) is 0 Å². The molecule has 0 radical (unpaired) electrons. The summed E-state index contributed by atoms with van der Waals surface area (Å²) in [7, 11) is 0. The molecule has 2 aliphatic rings. The molecule has 1 atom stereocenters. The molecular weight excluding hydrogens is 164 g/mol. The third kappa shape index (κ3) is 2.05. The Morgan fingerprint density at radius 3 is 2.54 bits per heavy atom. The largest absolute Gasteiger partial charge is 0.396 e. The second kappa shape index (κ2) is 3.97. The van der Waals surface area contributed by atoms with Gasteiger partial charge in [-0.15, -0.1) is 0 Å². The molecule has 2 rings (SSSR count). The minimum atomic E-state index is 0.231. The Morgan fingerprint density at radius 2 is 2.00 bits per heavy atom. The lowest BCUT2D eigenvalue weighted by Gasteiger charge is -2.29. The molecule has 0 amide bonds. The van der Waals surface area contributed by atoms with E-state index >= 15 is 0 Å². The second-order valence-corrected chi connectivity index (χ2v) is 4.70. The first-order valence-electron chi connectivity index (χ1n) is 5.57. The van der Waals surface area contributed by atoms with Crippen LogP contribution in [0, 0.1) is 5.41 Å². The van der Waals surface area contributed by atoms with Crippen LogP contribution >= 0.6 is 0 Å². The number of aliphatic hydroxyl groups is 1. The fourth-order valence-corrected chi connectivity index (χ4v) is 2.84. The molecule has 1 aliphatic carbocycles.